The summed E-state index contributed by atoms with van der Waals surface area (Å²) in [4.78, 5) is 19.0. The standard InChI is InChI=1S/C21H24FN5O/c1-14(2)20-18(13-25-27(20)17-7-5-16(22)6-8-17)21(28)24-12-15-9-10-23-19(11-15)26(3)4/h5-11,13-14H,12H2,1-4H3,(H,24,28). The van der Waals surface area contributed by atoms with Crippen LogP contribution in [0.3, 0.4) is 0 Å². The molecule has 0 atom stereocenters. The van der Waals surface area contributed by atoms with Gasteiger partial charge in [-0.05, 0) is 47.9 Å². The number of nitrogens with zero attached hydrogens (tertiary/aromatic N) is 4. The molecule has 2 aromatic heterocycles. The van der Waals surface area contributed by atoms with Gasteiger partial charge in [-0.15, -0.1) is 0 Å². The van der Waals surface area contributed by atoms with Crippen LogP contribution in [0, 0.1) is 5.82 Å². The summed E-state index contributed by atoms with van der Waals surface area (Å²) >= 11 is 0. The number of aromatic nitrogens is 3. The second kappa shape index (κ2) is 8.21. The van der Waals surface area contributed by atoms with Crippen LogP contribution in [0.4, 0.5) is 10.2 Å². The molecular formula is C21H24FN5O. The predicted molar refractivity (Wildman–Crippen MR) is 107 cm³/mol. The average Bonchev–Trinajstić information content (AvgIpc) is 3.12. The molecule has 0 saturated heterocycles. The molecule has 0 saturated carbocycles. The van der Waals surface area contributed by atoms with Gasteiger partial charge >= 0.3 is 0 Å². The number of amides is 1. The van der Waals surface area contributed by atoms with Crippen molar-refractivity contribution < 1.29 is 9.18 Å². The predicted octanol–water partition coefficient (Wildman–Crippen LogP) is 3.53. The first-order valence-electron chi connectivity index (χ1n) is 9.11. The van der Waals surface area contributed by atoms with Gasteiger partial charge in [0.2, 0.25) is 0 Å². The third-order valence-electron chi connectivity index (χ3n) is 4.39. The second-order valence-electron chi connectivity index (χ2n) is 7.09. The minimum absolute atomic E-state index is 0.0644. The van der Waals surface area contributed by atoms with E-state index in [0.29, 0.717) is 17.8 Å². The number of benzene rings is 1. The highest BCUT2D eigenvalue weighted by atomic mass is 19.1. The van der Waals surface area contributed by atoms with Crippen molar-refractivity contribution in [3.8, 4) is 5.69 Å². The summed E-state index contributed by atoms with van der Waals surface area (Å²) in [7, 11) is 3.84. The van der Waals surface area contributed by atoms with Crippen LogP contribution in [0.1, 0.15) is 41.4 Å². The quantitative estimate of drug-likeness (QED) is 0.710. The van der Waals surface area contributed by atoms with Gasteiger partial charge in [-0.25, -0.2) is 14.1 Å². The largest absolute Gasteiger partial charge is 0.363 e. The lowest BCUT2D eigenvalue weighted by Crippen LogP contribution is -2.24. The van der Waals surface area contributed by atoms with E-state index in [9.17, 15) is 9.18 Å². The monoisotopic (exact) mass is 381 g/mol. The lowest BCUT2D eigenvalue weighted by Gasteiger charge is -2.14. The van der Waals surface area contributed by atoms with Crippen LogP contribution in [-0.2, 0) is 6.54 Å². The Bertz CT molecular complexity index is 963. The van der Waals surface area contributed by atoms with Crippen molar-refractivity contribution in [2.45, 2.75) is 26.3 Å². The molecule has 146 valence electrons. The Hall–Kier alpha value is -3.22. The Morgan fingerprint density at radius 1 is 1.21 bits per heavy atom. The second-order valence-corrected chi connectivity index (χ2v) is 7.09. The summed E-state index contributed by atoms with van der Waals surface area (Å²) in [5.74, 6) is 0.392. The summed E-state index contributed by atoms with van der Waals surface area (Å²) in [6.45, 7) is 4.39. The third-order valence-corrected chi connectivity index (χ3v) is 4.39. The number of halogens is 1. The molecule has 0 bridgehead atoms. The molecule has 3 rings (SSSR count). The van der Waals surface area contributed by atoms with Gasteiger partial charge in [0.15, 0.2) is 0 Å². The van der Waals surface area contributed by atoms with Crippen molar-refractivity contribution in [3.05, 3.63) is 71.4 Å². The first kappa shape index (κ1) is 19.5. The van der Waals surface area contributed by atoms with Crippen LogP contribution in [0.5, 0.6) is 0 Å². The molecule has 3 aromatic rings. The molecule has 1 amide bonds. The number of carbonyl (C=O) groups is 1. The van der Waals surface area contributed by atoms with E-state index in [2.05, 4.69) is 15.4 Å². The first-order valence-corrected chi connectivity index (χ1v) is 9.11. The molecule has 0 fully saturated rings. The van der Waals surface area contributed by atoms with Gasteiger partial charge in [-0.3, -0.25) is 4.79 Å². The Morgan fingerprint density at radius 2 is 1.93 bits per heavy atom. The lowest BCUT2D eigenvalue weighted by atomic mass is 10.0. The lowest BCUT2D eigenvalue weighted by molar-refractivity contribution is 0.0949. The zero-order valence-electron chi connectivity index (χ0n) is 16.5. The van der Waals surface area contributed by atoms with Crippen molar-refractivity contribution in [1.29, 1.82) is 0 Å². The Balaban J connectivity index is 1.82. The minimum Gasteiger partial charge on any atom is -0.363 e. The number of carbonyl (C=O) groups excluding carboxylic acids is 1. The normalized spacial score (nSPS) is 10.9. The van der Waals surface area contributed by atoms with Gasteiger partial charge in [-0.1, -0.05) is 13.8 Å². The van der Waals surface area contributed by atoms with E-state index in [1.54, 1.807) is 29.2 Å². The highest BCUT2D eigenvalue weighted by molar-refractivity contribution is 5.95. The van der Waals surface area contributed by atoms with Crippen LogP contribution in [0.15, 0.2) is 48.8 Å². The summed E-state index contributed by atoms with van der Waals surface area (Å²) in [6, 6.07) is 9.87. The highest BCUT2D eigenvalue weighted by Crippen LogP contribution is 2.23. The van der Waals surface area contributed by atoms with Crippen molar-refractivity contribution in [1.82, 2.24) is 20.1 Å². The van der Waals surface area contributed by atoms with Gasteiger partial charge in [-0.2, -0.15) is 5.10 Å². The maximum atomic E-state index is 13.2. The molecule has 0 aliphatic heterocycles. The molecular weight excluding hydrogens is 357 g/mol. The highest BCUT2D eigenvalue weighted by Gasteiger charge is 2.20. The number of rotatable bonds is 6. The van der Waals surface area contributed by atoms with Crippen molar-refractivity contribution in [2.75, 3.05) is 19.0 Å². The molecule has 0 aliphatic rings. The molecule has 2 heterocycles. The minimum atomic E-state index is -0.311. The molecule has 0 unspecified atom stereocenters. The van der Waals surface area contributed by atoms with Gasteiger partial charge in [0, 0.05) is 26.8 Å². The van der Waals surface area contributed by atoms with E-state index in [1.165, 1.54) is 12.1 Å². The number of hydrogen-bond donors (Lipinski definition) is 1. The van der Waals surface area contributed by atoms with E-state index < -0.39 is 0 Å². The van der Waals surface area contributed by atoms with Gasteiger partial charge < -0.3 is 10.2 Å². The van der Waals surface area contributed by atoms with E-state index >= 15 is 0 Å². The van der Waals surface area contributed by atoms with Gasteiger partial charge in [0.05, 0.1) is 23.1 Å². The molecule has 1 aromatic carbocycles. The van der Waals surface area contributed by atoms with Crippen molar-refractivity contribution in [2.24, 2.45) is 0 Å². The van der Waals surface area contributed by atoms with E-state index in [1.807, 2.05) is 45.0 Å². The summed E-state index contributed by atoms with van der Waals surface area (Å²) in [6.07, 6.45) is 3.29. The topological polar surface area (TPSA) is 63.1 Å². The summed E-state index contributed by atoms with van der Waals surface area (Å²) in [5, 5.41) is 7.32. The maximum absolute atomic E-state index is 13.2. The Kier molecular flexibility index (Phi) is 5.73. The average molecular weight is 381 g/mol. The molecule has 6 nitrogen and oxygen atoms in total. The molecule has 0 spiro atoms. The van der Waals surface area contributed by atoms with Crippen LogP contribution >= 0.6 is 0 Å². The summed E-state index contributed by atoms with van der Waals surface area (Å²) < 4.78 is 14.9. The molecule has 28 heavy (non-hydrogen) atoms. The number of hydrogen-bond acceptors (Lipinski definition) is 4. The van der Waals surface area contributed by atoms with Crippen LogP contribution in [-0.4, -0.2) is 34.8 Å². The van der Waals surface area contributed by atoms with Crippen molar-refractivity contribution >= 4 is 11.7 Å². The third kappa shape index (κ3) is 4.19. The fourth-order valence-electron chi connectivity index (χ4n) is 2.97. The SMILES string of the molecule is CC(C)c1c(C(=O)NCc2ccnc(N(C)C)c2)cnn1-c1ccc(F)cc1. The number of pyridine rings is 1. The number of anilines is 1. The first-order chi connectivity index (χ1) is 13.4. The van der Waals surface area contributed by atoms with E-state index in [-0.39, 0.29) is 17.6 Å². The van der Waals surface area contributed by atoms with E-state index in [4.69, 9.17) is 0 Å². The molecule has 7 heteroatoms. The molecule has 0 radical (unpaired) electrons. The Morgan fingerprint density at radius 3 is 2.57 bits per heavy atom. The van der Waals surface area contributed by atoms with E-state index in [0.717, 1.165) is 17.1 Å². The Labute approximate surface area is 164 Å². The fourth-order valence-corrected chi connectivity index (χ4v) is 2.97. The van der Waals surface area contributed by atoms with Gasteiger partial charge in [0.25, 0.3) is 5.91 Å². The molecule has 1 N–H and O–H groups in total. The van der Waals surface area contributed by atoms with Crippen LogP contribution < -0.4 is 10.2 Å². The summed E-state index contributed by atoms with van der Waals surface area (Å²) in [5.41, 5.74) is 2.98. The molecule has 0 aliphatic carbocycles. The van der Waals surface area contributed by atoms with Gasteiger partial charge in [0.1, 0.15) is 11.6 Å². The van der Waals surface area contributed by atoms with Crippen LogP contribution in [0.2, 0.25) is 0 Å². The zero-order chi connectivity index (χ0) is 20.3. The van der Waals surface area contributed by atoms with Crippen LogP contribution in [0.25, 0.3) is 5.69 Å². The zero-order valence-corrected chi connectivity index (χ0v) is 16.5. The smallest absolute Gasteiger partial charge is 0.255 e. The fraction of sp³-hybridized carbons (Fsp3) is 0.286. The number of nitrogens with one attached hydrogen (secondary N) is 1. The van der Waals surface area contributed by atoms with Crippen molar-refractivity contribution in [3.63, 3.8) is 0 Å². The maximum Gasteiger partial charge on any atom is 0.255 e.